The zero-order valence-corrected chi connectivity index (χ0v) is 12.0. The van der Waals surface area contributed by atoms with E-state index in [-0.39, 0.29) is 6.09 Å². The summed E-state index contributed by atoms with van der Waals surface area (Å²) in [4.78, 5) is 18.0. The Morgan fingerprint density at radius 1 is 1.61 bits per heavy atom. The third kappa shape index (κ3) is 3.70. The molecule has 2 heterocycles. The van der Waals surface area contributed by atoms with Gasteiger partial charge in [0.05, 0.1) is 5.01 Å². The molecule has 18 heavy (non-hydrogen) atoms. The van der Waals surface area contributed by atoms with Gasteiger partial charge in [-0.3, -0.25) is 0 Å². The van der Waals surface area contributed by atoms with E-state index < -0.39 is 5.60 Å². The SMILES string of the molecule is CC(C)(C)OC(=O)N1CC[C@H](Cc2nccs2)C1. The lowest BCUT2D eigenvalue weighted by Gasteiger charge is -2.24. The summed E-state index contributed by atoms with van der Waals surface area (Å²) in [5, 5.41) is 3.15. The fourth-order valence-corrected chi connectivity index (χ4v) is 2.82. The number of rotatable bonds is 2. The first-order valence-electron chi connectivity index (χ1n) is 6.30. The van der Waals surface area contributed by atoms with Crippen LogP contribution in [0.3, 0.4) is 0 Å². The van der Waals surface area contributed by atoms with E-state index in [1.165, 1.54) is 0 Å². The van der Waals surface area contributed by atoms with Crippen LogP contribution in [-0.4, -0.2) is 34.7 Å². The molecule has 1 atom stereocenters. The zero-order chi connectivity index (χ0) is 13.2. The van der Waals surface area contributed by atoms with Crippen molar-refractivity contribution >= 4 is 17.4 Å². The van der Waals surface area contributed by atoms with Gasteiger partial charge < -0.3 is 9.64 Å². The molecule has 1 aromatic heterocycles. The maximum Gasteiger partial charge on any atom is 0.410 e. The first-order chi connectivity index (χ1) is 8.44. The molecule has 0 N–H and O–H groups in total. The van der Waals surface area contributed by atoms with Gasteiger partial charge in [0.1, 0.15) is 5.60 Å². The predicted octanol–water partition coefficient (Wildman–Crippen LogP) is 2.94. The summed E-state index contributed by atoms with van der Waals surface area (Å²) >= 11 is 1.68. The molecule has 0 saturated carbocycles. The van der Waals surface area contributed by atoms with Crippen LogP contribution in [0.15, 0.2) is 11.6 Å². The number of nitrogens with zero attached hydrogens (tertiary/aromatic N) is 2. The molecule has 0 bridgehead atoms. The van der Waals surface area contributed by atoms with E-state index in [2.05, 4.69) is 4.98 Å². The molecule has 1 aliphatic heterocycles. The molecule has 1 saturated heterocycles. The first kappa shape index (κ1) is 13.3. The summed E-state index contributed by atoms with van der Waals surface area (Å²) in [5.74, 6) is 0.517. The summed E-state index contributed by atoms with van der Waals surface area (Å²) in [6.45, 7) is 7.27. The van der Waals surface area contributed by atoms with E-state index in [0.29, 0.717) is 5.92 Å². The van der Waals surface area contributed by atoms with Gasteiger partial charge in [-0.25, -0.2) is 9.78 Å². The Balaban J connectivity index is 1.83. The highest BCUT2D eigenvalue weighted by Gasteiger charge is 2.30. The zero-order valence-electron chi connectivity index (χ0n) is 11.2. The van der Waals surface area contributed by atoms with E-state index in [1.54, 1.807) is 11.3 Å². The number of carbonyl (C=O) groups excluding carboxylic acids is 1. The van der Waals surface area contributed by atoms with Crippen LogP contribution in [0.4, 0.5) is 4.79 Å². The molecule has 1 aromatic rings. The maximum atomic E-state index is 11.9. The van der Waals surface area contributed by atoms with Crippen LogP contribution in [0.2, 0.25) is 0 Å². The molecule has 0 unspecified atom stereocenters. The van der Waals surface area contributed by atoms with Gasteiger partial charge in [-0.1, -0.05) is 0 Å². The van der Waals surface area contributed by atoms with Gasteiger partial charge in [-0.2, -0.15) is 0 Å². The Morgan fingerprint density at radius 3 is 3.00 bits per heavy atom. The molecule has 1 aliphatic rings. The lowest BCUT2D eigenvalue weighted by Crippen LogP contribution is -2.35. The highest BCUT2D eigenvalue weighted by molar-refractivity contribution is 7.09. The van der Waals surface area contributed by atoms with Crippen molar-refractivity contribution in [2.45, 2.75) is 39.2 Å². The minimum atomic E-state index is -0.412. The average Bonchev–Trinajstić information content (AvgIpc) is 2.86. The Labute approximate surface area is 112 Å². The minimum absolute atomic E-state index is 0.191. The molecule has 2 rings (SSSR count). The van der Waals surface area contributed by atoms with Crippen molar-refractivity contribution in [1.29, 1.82) is 0 Å². The van der Waals surface area contributed by atoms with Crippen LogP contribution in [0.25, 0.3) is 0 Å². The van der Waals surface area contributed by atoms with E-state index >= 15 is 0 Å². The summed E-state index contributed by atoms with van der Waals surface area (Å²) in [6, 6.07) is 0. The second-order valence-electron chi connectivity index (χ2n) is 5.71. The molecule has 1 amide bonds. The van der Waals surface area contributed by atoms with Crippen molar-refractivity contribution in [1.82, 2.24) is 9.88 Å². The molecule has 0 aliphatic carbocycles. The van der Waals surface area contributed by atoms with Gasteiger partial charge in [0, 0.05) is 31.1 Å². The van der Waals surface area contributed by atoms with Gasteiger partial charge in [0.25, 0.3) is 0 Å². The number of thiazole rings is 1. The first-order valence-corrected chi connectivity index (χ1v) is 7.18. The van der Waals surface area contributed by atoms with Crippen molar-refractivity contribution < 1.29 is 9.53 Å². The summed E-state index contributed by atoms with van der Waals surface area (Å²) < 4.78 is 5.38. The van der Waals surface area contributed by atoms with Crippen LogP contribution in [0.1, 0.15) is 32.2 Å². The van der Waals surface area contributed by atoms with Crippen LogP contribution >= 0.6 is 11.3 Å². The van der Waals surface area contributed by atoms with E-state index in [4.69, 9.17) is 4.74 Å². The Bertz CT molecular complexity index is 398. The fourth-order valence-electron chi connectivity index (χ4n) is 2.09. The number of ether oxygens (including phenoxy) is 1. The van der Waals surface area contributed by atoms with E-state index in [9.17, 15) is 4.79 Å². The van der Waals surface area contributed by atoms with Gasteiger partial charge >= 0.3 is 6.09 Å². The standard InChI is InChI=1S/C13H20N2O2S/c1-13(2,3)17-12(16)15-6-4-10(9-15)8-11-14-5-7-18-11/h5,7,10H,4,6,8-9H2,1-3H3/t10-/m1/s1. The molecular formula is C13H20N2O2S. The molecule has 5 heteroatoms. The van der Waals surface area contributed by atoms with E-state index in [1.807, 2.05) is 37.2 Å². The number of amides is 1. The topological polar surface area (TPSA) is 42.4 Å². The minimum Gasteiger partial charge on any atom is -0.444 e. The lowest BCUT2D eigenvalue weighted by molar-refractivity contribution is 0.0288. The summed E-state index contributed by atoms with van der Waals surface area (Å²) in [7, 11) is 0. The second-order valence-corrected chi connectivity index (χ2v) is 6.69. The van der Waals surface area contributed by atoms with Crippen molar-refractivity contribution in [2.75, 3.05) is 13.1 Å². The Kier molecular flexibility index (Phi) is 3.90. The molecule has 100 valence electrons. The lowest BCUT2D eigenvalue weighted by atomic mass is 10.1. The van der Waals surface area contributed by atoms with Crippen molar-refractivity contribution in [3.8, 4) is 0 Å². The van der Waals surface area contributed by atoms with Crippen molar-refractivity contribution in [3.63, 3.8) is 0 Å². The van der Waals surface area contributed by atoms with Gasteiger partial charge in [-0.15, -0.1) is 11.3 Å². The second kappa shape index (κ2) is 5.26. The van der Waals surface area contributed by atoms with Crippen molar-refractivity contribution in [3.05, 3.63) is 16.6 Å². The van der Waals surface area contributed by atoms with Crippen LogP contribution in [-0.2, 0) is 11.2 Å². The predicted molar refractivity (Wildman–Crippen MR) is 71.7 cm³/mol. The Morgan fingerprint density at radius 2 is 2.39 bits per heavy atom. The maximum absolute atomic E-state index is 11.9. The van der Waals surface area contributed by atoms with Crippen LogP contribution in [0, 0.1) is 5.92 Å². The number of hydrogen-bond acceptors (Lipinski definition) is 4. The third-order valence-corrected chi connectivity index (χ3v) is 3.69. The number of likely N-dealkylation sites (tertiary alicyclic amines) is 1. The smallest absolute Gasteiger partial charge is 0.410 e. The largest absolute Gasteiger partial charge is 0.444 e. The molecule has 4 nitrogen and oxygen atoms in total. The average molecular weight is 268 g/mol. The highest BCUT2D eigenvalue weighted by Crippen LogP contribution is 2.23. The molecule has 1 fully saturated rings. The molecule has 0 spiro atoms. The number of carbonyl (C=O) groups is 1. The fraction of sp³-hybridized carbons (Fsp3) is 0.692. The highest BCUT2D eigenvalue weighted by atomic mass is 32.1. The third-order valence-electron chi connectivity index (χ3n) is 2.88. The number of hydrogen-bond donors (Lipinski definition) is 0. The van der Waals surface area contributed by atoms with Crippen molar-refractivity contribution in [2.24, 2.45) is 5.92 Å². The van der Waals surface area contributed by atoms with Crippen LogP contribution < -0.4 is 0 Å². The normalized spacial score (nSPS) is 20.2. The van der Waals surface area contributed by atoms with Gasteiger partial charge in [0.15, 0.2) is 0 Å². The van der Waals surface area contributed by atoms with Gasteiger partial charge in [-0.05, 0) is 33.1 Å². The van der Waals surface area contributed by atoms with Gasteiger partial charge in [0.2, 0.25) is 0 Å². The van der Waals surface area contributed by atoms with Crippen LogP contribution in [0.5, 0.6) is 0 Å². The van der Waals surface area contributed by atoms with E-state index in [0.717, 1.165) is 30.9 Å². The Hall–Kier alpha value is -1.10. The summed E-state index contributed by atoms with van der Waals surface area (Å²) in [5.41, 5.74) is -0.412. The molecule has 0 aromatic carbocycles. The monoisotopic (exact) mass is 268 g/mol. The molecular weight excluding hydrogens is 248 g/mol. The number of aromatic nitrogens is 1. The quantitative estimate of drug-likeness (QED) is 0.828. The molecule has 0 radical (unpaired) electrons. The summed E-state index contributed by atoms with van der Waals surface area (Å²) in [6.07, 6.45) is 3.65.